The van der Waals surface area contributed by atoms with Crippen molar-refractivity contribution in [3.8, 4) is 5.69 Å². The van der Waals surface area contributed by atoms with E-state index in [2.05, 4.69) is 5.10 Å². The number of benzene rings is 1. The van der Waals surface area contributed by atoms with E-state index in [4.69, 9.17) is 0 Å². The average Bonchev–Trinajstić information content (AvgIpc) is 2.54. The summed E-state index contributed by atoms with van der Waals surface area (Å²) in [5.41, 5.74) is 1.08. The molecule has 0 saturated heterocycles. The van der Waals surface area contributed by atoms with E-state index < -0.39 is 0 Å². The first-order valence-electron chi connectivity index (χ1n) is 3.81. The molecular weight excluding hydrogens is 150 g/mol. The Kier molecular flexibility index (Phi) is 1.63. The highest BCUT2D eigenvalue weighted by Crippen LogP contribution is 2.01. The van der Waals surface area contributed by atoms with Gasteiger partial charge in [0.2, 0.25) is 6.33 Å². The fourth-order valence-electron chi connectivity index (χ4n) is 1.08. The van der Waals surface area contributed by atoms with Crippen LogP contribution >= 0.6 is 0 Å². The second-order valence-corrected chi connectivity index (χ2v) is 2.69. The fourth-order valence-corrected chi connectivity index (χ4v) is 1.08. The Morgan fingerprint density at radius 3 is 2.58 bits per heavy atom. The lowest BCUT2D eigenvalue weighted by atomic mass is 10.3. The van der Waals surface area contributed by atoms with Crippen LogP contribution in [0.5, 0.6) is 0 Å². The number of hydrogen-bond acceptors (Lipinski definition) is 1. The van der Waals surface area contributed by atoms with E-state index in [1.54, 1.807) is 6.33 Å². The van der Waals surface area contributed by atoms with Crippen LogP contribution in [0.3, 0.4) is 0 Å². The summed E-state index contributed by atoms with van der Waals surface area (Å²) < 4.78 is 3.74. The van der Waals surface area contributed by atoms with Gasteiger partial charge < -0.3 is 0 Å². The van der Waals surface area contributed by atoms with Crippen LogP contribution in [-0.4, -0.2) is 9.78 Å². The van der Waals surface area contributed by atoms with E-state index in [1.807, 2.05) is 53.0 Å². The van der Waals surface area contributed by atoms with Crippen LogP contribution in [0.4, 0.5) is 0 Å². The largest absolute Gasteiger partial charge is 0.265 e. The average molecular weight is 160 g/mol. The third-order valence-electron chi connectivity index (χ3n) is 1.67. The van der Waals surface area contributed by atoms with Crippen molar-refractivity contribution in [2.24, 2.45) is 7.05 Å². The predicted octanol–water partition coefficient (Wildman–Crippen LogP) is 0.697. The van der Waals surface area contributed by atoms with Gasteiger partial charge in [-0.25, -0.2) is 4.57 Å². The number of aryl methyl sites for hydroxylation is 1. The smallest absolute Gasteiger partial charge is 0.240 e. The summed E-state index contributed by atoms with van der Waals surface area (Å²) in [5.74, 6) is 0. The van der Waals surface area contributed by atoms with Gasteiger partial charge in [-0.3, -0.25) is 0 Å². The van der Waals surface area contributed by atoms with Crippen molar-refractivity contribution in [3.05, 3.63) is 43.0 Å². The van der Waals surface area contributed by atoms with E-state index in [0.29, 0.717) is 0 Å². The number of aromatic nitrogens is 3. The summed E-state index contributed by atoms with van der Waals surface area (Å²) in [6.45, 7) is 0. The van der Waals surface area contributed by atoms with Crippen molar-refractivity contribution < 1.29 is 4.57 Å². The van der Waals surface area contributed by atoms with E-state index >= 15 is 0 Å². The monoisotopic (exact) mass is 160 g/mol. The van der Waals surface area contributed by atoms with Crippen LogP contribution in [-0.2, 0) is 7.05 Å². The Balaban J connectivity index is 2.45. The van der Waals surface area contributed by atoms with E-state index in [-0.39, 0.29) is 0 Å². The van der Waals surface area contributed by atoms with Crippen LogP contribution in [0.1, 0.15) is 0 Å². The normalized spacial score (nSPS) is 10.1. The molecule has 3 nitrogen and oxygen atoms in total. The predicted molar refractivity (Wildman–Crippen MR) is 44.7 cm³/mol. The van der Waals surface area contributed by atoms with Crippen molar-refractivity contribution >= 4 is 0 Å². The van der Waals surface area contributed by atoms with Crippen molar-refractivity contribution in [2.75, 3.05) is 0 Å². The molecule has 1 aromatic carbocycles. The van der Waals surface area contributed by atoms with E-state index in [1.165, 1.54) is 0 Å². The summed E-state index contributed by atoms with van der Waals surface area (Å²) in [6.07, 6.45) is 3.70. The Hall–Kier alpha value is -1.64. The number of hydrogen-bond donors (Lipinski definition) is 0. The first-order chi connectivity index (χ1) is 5.86. The highest BCUT2D eigenvalue weighted by atomic mass is 15.3. The molecule has 12 heavy (non-hydrogen) atoms. The molecule has 0 bridgehead atoms. The molecule has 0 amide bonds. The van der Waals surface area contributed by atoms with Gasteiger partial charge in [0.15, 0.2) is 0 Å². The second-order valence-electron chi connectivity index (χ2n) is 2.69. The lowest BCUT2D eigenvalue weighted by Crippen LogP contribution is -2.23. The summed E-state index contributed by atoms with van der Waals surface area (Å²) >= 11 is 0. The molecule has 0 aliphatic carbocycles. The van der Waals surface area contributed by atoms with E-state index in [9.17, 15) is 0 Å². The van der Waals surface area contributed by atoms with Gasteiger partial charge in [0.1, 0.15) is 5.69 Å². The van der Waals surface area contributed by atoms with Gasteiger partial charge in [0.25, 0.3) is 6.33 Å². The molecule has 1 heterocycles. The Morgan fingerprint density at radius 1 is 1.25 bits per heavy atom. The number of rotatable bonds is 1. The molecule has 0 saturated carbocycles. The molecule has 60 valence electrons. The van der Waals surface area contributed by atoms with Gasteiger partial charge in [-0.15, -0.1) is 0 Å². The zero-order valence-corrected chi connectivity index (χ0v) is 6.88. The highest BCUT2D eigenvalue weighted by Gasteiger charge is 2.03. The SMILES string of the molecule is C[n+]1cnn(-c2ccccc2)c1. The van der Waals surface area contributed by atoms with Gasteiger partial charge in [-0.05, 0) is 12.1 Å². The maximum Gasteiger partial charge on any atom is 0.265 e. The second kappa shape index (κ2) is 2.77. The molecule has 0 fully saturated rings. The number of nitrogens with zero attached hydrogens (tertiary/aromatic N) is 3. The minimum Gasteiger partial charge on any atom is -0.240 e. The molecule has 0 aliphatic rings. The maximum absolute atomic E-state index is 4.17. The fraction of sp³-hybridized carbons (Fsp3) is 0.111. The maximum atomic E-state index is 4.17. The molecule has 0 spiro atoms. The van der Waals surface area contributed by atoms with Gasteiger partial charge >= 0.3 is 0 Å². The summed E-state index contributed by atoms with van der Waals surface area (Å²) in [5, 5.41) is 4.17. The van der Waals surface area contributed by atoms with Crippen LogP contribution in [0, 0.1) is 0 Å². The molecule has 0 atom stereocenters. The van der Waals surface area contributed by atoms with Crippen molar-refractivity contribution in [3.63, 3.8) is 0 Å². The molecule has 1 aromatic heterocycles. The molecule has 2 rings (SSSR count). The molecule has 0 radical (unpaired) electrons. The highest BCUT2D eigenvalue weighted by molar-refractivity contribution is 5.28. The topological polar surface area (TPSA) is 21.7 Å². The van der Waals surface area contributed by atoms with Crippen LogP contribution < -0.4 is 4.57 Å². The standard InChI is InChI=1S/C9H10N3/c1-11-7-10-12(8-11)9-5-3-2-4-6-9/h2-8H,1H3/q+1. The lowest BCUT2D eigenvalue weighted by Gasteiger charge is -1.89. The minimum atomic E-state index is 1.08. The molecular formula is C9H10N3+. The first kappa shape index (κ1) is 7.03. The Morgan fingerprint density at radius 2 is 2.00 bits per heavy atom. The quantitative estimate of drug-likeness (QED) is 0.563. The minimum absolute atomic E-state index is 1.08. The zero-order chi connectivity index (χ0) is 8.39. The molecule has 0 N–H and O–H groups in total. The van der Waals surface area contributed by atoms with Gasteiger partial charge in [0.05, 0.1) is 7.05 Å². The third-order valence-corrected chi connectivity index (χ3v) is 1.67. The third kappa shape index (κ3) is 1.21. The van der Waals surface area contributed by atoms with Crippen LogP contribution in [0.15, 0.2) is 43.0 Å². The van der Waals surface area contributed by atoms with Crippen LogP contribution in [0.2, 0.25) is 0 Å². The molecule has 0 unspecified atom stereocenters. The van der Waals surface area contributed by atoms with Crippen molar-refractivity contribution in [2.45, 2.75) is 0 Å². The number of para-hydroxylation sites is 1. The van der Waals surface area contributed by atoms with Crippen molar-refractivity contribution in [1.82, 2.24) is 9.78 Å². The van der Waals surface area contributed by atoms with Gasteiger partial charge in [-0.1, -0.05) is 22.9 Å². The summed E-state index contributed by atoms with van der Waals surface area (Å²) in [6, 6.07) is 10.0. The molecule has 2 aromatic rings. The van der Waals surface area contributed by atoms with Gasteiger partial charge in [0, 0.05) is 5.10 Å². The lowest BCUT2D eigenvalue weighted by molar-refractivity contribution is -0.672. The van der Waals surface area contributed by atoms with Gasteiger partial charge in [-0.2, -0.15) is 0 Å². The van der Waals surface area contributed by atoms with Crippen LogP contribution in [0.25, 0.3) is 5.69 Å². The Labute approximate surface area is 70.9 Å². The summed E-state index contributed by atoms with van der Waals surface area (Å²) in [4.78, 5) is 0. The molecule has 3 heteroatoms. The Bertz CT molecular complexity index is 364. The molecule has 0 aliphatic heterocycles. The summed E-state index contributed by atoms with van der Waals surface area (Å²) in [7, 11) is 1.95. The zero-order valence-electron chi connectivity index (χ0n) is 6.88. The van der Waals surface area contributed by atoms with Crippen molar-refractivity contribution in [1.29, 1.82) is 0 Å². The van der Waals surface area contributed by atoms with E-state index in [0.717, 1.165) is 5.69 Å². The first-order valence-corrected chi connectivity index (χ1v) is 3.81.